The van der Waals surface area contributed by atoms with E-state index in [1.165, 1.54) is 26.0 Å². The largest absolute Gasteiger partial charge is 0.449 e. The Bertz CT molecular complexity index is 771. The molecule has 0 aliphatic carbocycles. The molecule has 2 rings (SSSR count). The molecule has 1 N–H and O–H groups in total. The maximum Gasteiger partial charge on any atom is 0.338 e. The molecule has 0 spiro atoms. The summed E-state index contributed by atoms with van der Waals surface area (Å²) in [6, 6.07) is 12.7. The summed E-state index contributed by atoms with van der Waals surface area (Å²) in [7, 11) is 0. The molecule has 1 amide bonds. The van der Waals surface area contributed by atoms with Gasteiger partial charge in [-0.25, -0.2) is 4.79 Å². The van der Waals surface area contributed by atoms with Crippen molar-refractivity contribution in [3.8, 4) is 0 Å². The Hall–Kier alpha value is -2.66. The second-order valence-electron chi connectivity index (χ2n) is 5.18. The lowest BCUT2D eigenvalue weighted by atomic mass is 10.1. The van der Waals surface area contributed by atoms with Gasteiger partial charge in [-0.05, 0) is 50.2 Å². The van der Waals surface area contributed by atoms with Gasteiger partial charge < -0.3 is 10.1 Å². The lowest BCUT2D eigenvalue weighted by Gasteiger charge is -2.14. The number of carbonyl (C=O) groups is 3. The highest BCUT2D eigenvalue weighted by atomic mass is 35.5. The highest BCUT2D eigenvalue weighted by Gasteiger charge is 2.19. The summed E-state index contributed by atoms with van der Waals surface area (Å²) in [5.41, 5.74) is 1.25. The van der Waals surface area contributed by atoms with E-state index in [4.69, 9.17) is 16.3 Å². The third-order valence-electron chi connectivity index (χ3n) is 3.27. The number of carbonyl (C=O) groups excluding carboxylic acids is 3. The van der Waals surface area contributed by atoms with Crippen molar-refractivity contribution in [2.45, 2.75) is 20.0 Å². The van der Waals surface area contributed by atoms with E-state index in [1.54, 1.807) is 36.4 Å². The minimum absolute atomic E-state index is 0.103. The summed E-state index contributed by atoms with van der Waals surface area (Å²) in [4.78, 5) is 35.4. The van der Waals surface area contributed by atoms with Crippen LogP contribution in [0.4, 0.5) is 5.69 Å². The number of Topliss-reactive ketones (excluding diaryl/α,β-unsaturated/α-hetero) is 1. The van der Waals surface area contributed by atoms with Crippen LogP contribution in [0.15, 0.2) is 48.5 Å². The Balaban J connectivity index is 1.99. The summed E-state index contributed by atoms with van der Waals surface area (Å²) in [5.74, 6) is -1.21. The maximum absolute atomic E-state index is 12.1. The normalized spacial score (nSPS) is 11.5. The summed E-state index contributed by atoms with van der Waals surface area (Å²) in [6.45, 7) is 2.91. The van der Waals surface area contributed by atoms with Crippen LogP contribution < -0.4 is 5.32 Å². The maximum atomic E-state index is 12.1. The predicted molar refractivity (Wildman–Crippen MR) is 91.4 cm³/mol. The number of ether oxygens (including phenoxy) is 1. The first-order chi connectivity index (χ1) is 11.4. The molecule has 0 saturated heterocycles. The average molecular weight is 346 g/mol. The predicted octanol–water partition coefficient (Wildman–Crippen LogP) is 3.73. The highest BCUT2D eigenvalue weighted by Crippen LogP contribution is 2.14. The highest BCUT2D eigenvalue weighted by molar-refractivity contribution is 6.30. The number of halogens is 1. The SMILES string of the molecule is CC(=O)c1cccc(NC(=O)C(C)OC(=O)c2ccc(Cl)cc2)c1. The number of amides is 1. The molecule has 0 aliphatic heterocycles. The van der Waals surface area contributed by atoms with E-state index in [1.807, 2.05) is 0 Å². The molecule has 6 heteroatoms. The van der Waals surface area contributed by atoms with Gasteiger partial charge in [-0.2, -0.15) is 0 Å². The molecule has 0 aliphatic rings. The van der Waals surface area contributed by atoms with E-state index < -0.39 is 18.0 Å². The number of ketones is 1. The number of nitrogens with one attached hydrogen (secondary N) is 1. The average Bonchev–Trinajstić information content (AvgIpc) is 2.55. The van der Waals surface area contributed by atoms with Crippen LogP contribution in [0.1, 0.15) is 34.6 Å². The molecule has 0 saturated carbocycles. The van der Waals surface area contributed by atoms with Crippen LogP contribution in [0.2, 0.25) is 5.02 Å². The van der Waals surface area contributed by atoms with Crippen molar-refractivity contribution < 1.29 is 19.1 Å². The third-order valence-corrected chi connectivity index (χ3v) is 3.52. The Morgan fingerprint density at radius 3 is 2.33 bits per heavy atom. The van der Waals surface area contributed by atoms with E-state index in [0.717, 1.165) is 0 Å². The molecular formula is C18H16ClNO4. The first-order valence-electron chi connectivity index (χ1n) is 7.25. The first kappa shape index (κ1) is 17.7. The number of anilines is 1. The zero-order valence-corrected chi connectivity index (χ0v) is 14.0. The van der Waals surface area contributed by atoms with Gasteiger partial charge in [0.25, 0.3) is 5.91 Å². The molecule has 1 unspecified atom stereocenters. The molecule has 24 heavy (non-hydrogen) atoms. The number of hydrogen-bond donors (Lipinski definition) is 1. The van der Waals surface area contributed by atoms with Gasteiger partial charge in [0, 0.05) is 16.3 Å². The van der Waals surface area contributed by atoms with E-state index in [9.17, 15) is 14.4 Å². The molecule has 5 nitrogen and oxygen atoms in total. The second-order valence-corrected chi connectivity index (χ2v) is 5.62. The molecule has 0 radical (unpaired) electrons. The zero-order valence-electron chi connectivity index (χ0n) is 13.2. The van der Waals surface area contributed by atoms with Gasteiger partial charge in [-0.3, -0.25) is 9.59 Å². The van der Waals surface area contributed by atoms with Crippen LogP contribution in [-0.2, 0) is 9.53 Å². The molecule has 124 valence electrons. The van der Waals surface area contributed by atoms with Gasteiger partial charge >= 0.3 is 5.97 Å². The molecule has 2 aromatic rings. The third kappa shape index (κ3) is 4.67. The Kier molecular flexibility index (Phi) is 5.71. The fraction of sp³-hybridized carbons (Fsp3) is 0.167. The van der Waals surface area contributed by atoms with Crippen LogP contribution in [0, 0.1) is 0 Å². The number of benzene rings is 2. The fourth-order valence-corrected chi connectivity index (χ4v) is 2.05. The molecule has 0 bridgehead atoms. The Morgan fingerprint density at radius 2 is 1.71 bits per heavy atom. The molecule has 1 atom stereocenters. The Labute approximate surface area is 144 Å². The summed E-state index contributed by atoms with van der Waals surface area (Å²) in [6.07, 6.45) is -0.992. The standard InChI is InChI=1S/C18H16ClNO4/c1-11(21)14-4-3-5-16(10-14)20-17(22)12(2)24-18(23)13-6-8-15(19)9-7-13/h3-10,12H,1-2H3,(H,20,22). The van der Waals surface area contributed by atoms with Gasteiger partial charge in [0.2, 0.25) is 0 Å². The van der Waals surface area contributed by atoms with E-state index in [-0.39, 0.29) is 5.78 Å². The van der Waals surface area contributed by atoms with E-state index >= 15 is 0 Å². The van der Waals surface area contributed by atoms with Gasteiger partial charge in [0.05, 0.1) is 5.56 Å². The van der Waals surface area contributed by atoms with Gasteiger partial charge in [-0.15, -0.1) is 0 Å². The number of rotatable bonds is 5. The van der Waals surface area contributed by atoms with Crippen LogP contribution >= 0.6 is 11.6 Å². The van der Waals surface area contributed by atoms with Gasteiger partial charge in [0.1, 0.15) is 0 Å². The lowest BCUT2D eigenvalue weighted by Crippen LogP contribution is -2.30. The van der Waals surface area contributed by atoms with Crippen molar-refractivity contribution in [1.29, 1.82) is 0 Å². The molecule has 0 heterocycles. The first-order valence-corrected chi connectivity index (χ1v) is 7.63. The molecule has 2 aromatic carbocycles. The quantitative estimate of drug-likeness (QED) is 0.662. The monoisotopic (exact) mass is 345 g/mol. The zero-order chi connectivity index (χ0) is 17.7. The van der Waals surface area contributed by atoms with Crippen LogP contribution in [0.25, 0.3) is 0 Å². The molecular weight excluding hydrogens is 330 g/mol. The van der Waals surface area contributed by atoms with Crippen LogP contribution in [0.5, 0.6) is 0 Å². The van der Waals surface area contributed by atoms with Crippen molar-refractivity contribution in [1.82, 2.24) is 0 Å². The van der Waals surface area contributed by atoms with Crippen molar-refractivity contribution >= 4 is 34.9 Å². The van der Waals surface area contributed by atoms with Crippen molar-refractivity contribution in [2.24, 2.45) is 0 Å². The topological polar surface area (TPSA) is 72.5 Å². The lowest BCUT2D eigenvalue weighted by molar-refractivity contribution is -0.123. The number of hydrogen-bond acceptors (Lipinski definition) is 4. The minimum Gasteiger partial charge on any atom is -0.449 e. The Morgan fingerprint density at radius 1 is 1.04 bits per heavy atom. The van der Waals surface area contributed by atoms with Crippen molar-refractivity contribution in [3.05, 3.63) is 64.7 Å². The summed E-state index contributed by atoms with van der Waals surface area (Å²) in [5, 5.41) is 3.12. The van der Waals surface area contributed by atoms with Crippen LogP contribution in [-0.4, -0.2) is 23.8 Å². The smallest absolute Gasteiger partial charge is 0.338 e. The van der Waals surface area contributed by atoms with E-state index in [0.29, 0.717) is 21.8 Å². The number of esters is 1. The van der Waals surface area contributed by atoms with Crippen molar-refractivity contribution in [2.75, 3.05) is 5.32 Å². The van der Waals surface area contributed by atoms with Gasteiger partial charge in [-0.1, -0.05) is 23.7 Å². The summed E-state index contributed by atoms with van der Waals surface area (Å²) >= 11 is 5.76. The summed E-state index contributed by atoms with van der Waals surface area (Å²) < 4.78 is 5.13. The van der Waals surface area contributed by atoms with Gasteiger partial charge in [0.15, 0.2) is 11.9 Å². The second kappa shape index (κ2) is 7.75. The molecule has 0 aromatic heterocycles. The fourth-order valence-electron chi connectivity index (χ4n) is 1.93. The van der Waals surface area contributed by atoms with Crippen LogP contribution in [0.3, 0.4) is 0 Å². The minimum atomic E-state index is -0.992. The van der Waals surface area contributed by atoms with E-state index in [2.05, 4.69) is 5.32 Å². The van der Waals surface area contributed by atoms with Crippen molar-refractivity contribution in [3.63, 3.8) is 0 Å². The molecule has 0 fully saturated rings.